The van der Waals surface area contributed by atoms with Gasteiger partial charge in [-0.25, -0.2) is 4.98 Å². The van der Waals surface area contributed by atoms with Crippen LogP contribution < -0.4 is 0 Å². The zero-order chi connectivity index (χ0) is 11.5. The molecule has 1 atom stereocenters. The highest BCUT2D eigenvalue weighted by atomic mass is 35.5. The van der Waals surface area contributed by atoms with E-state index in [-0.39, 0.29) is 12.6 Å². The van der Waals surface area contributed by atoms with Crippen LogP contribution in [-0.4, -0.2) is 14.7 Å². The van der Waals surface area contributed by atoms with Crippen LogP contribution in [0.2, 0.25) is 5.02 Å². The van der Waals surface area contributed by atoms with E-state index in [1.165, 1.54) is 0 Å². The van der Waals surface area contributed by atoms with Crippen molar-refractivity contribution in [3.05, 3.63) is 53.1 Å². The summed E-state index contributed by atoms with van der Waals surface area (Å²) in [5.74, 6) is 0. The molecule has 1 aromatic carbocycles. The standard InChI is InChI=1S/C12H13ClN2O/c1-9(11-4-2-3-5-12(11)13)15-8-14-6-10(15)7-16/h2-6,8-9,16H,7H2,1H3. The minimum Gasteiger partial charge on any atom is -0.390 e. The summed E-state index contributed by atoms with van der Waals surface area (Å²) in [6.07, 6.45) is 3.37. The molecule has 0 spiro atoms. The number of nitrogens with zero attached hydrogens (tertiary/aromatic N) is 2. The normalized spacial score (nSPS) is 12.7. The van der Waals surface area contributed by atoms with Gasteiger partial charge in [0.1, 0.15) is 0 Å². The van der Waals surface area contributed by atoms with Crippen molar-refractivity contribution in [2.75, 3.05) is 0 Å². The van der Waals surface area contributed by atoms with Crippen molar-refractivity contribution in [2.24, 2.45) is 0 Å². The molecule has 1 N–H and O–H groups in total. The molecule has 0 saturated heterocycles. The van der Waals surface area contributed by atoms with Gasteiger partial charge in [-0.15, -0.1) is 0 Å². The number of benzene rings is 1. The lowest BCUT2D eigenvalue weighted by atomic mass is 10.1. The Morgan fingerprint density at radius 1 is 1.44 bits per heavy atom. The average molecular weight is 237 g/mol. The van der Waals surface area contributed by atoms with Gasteiger partial charge in [-0.05, 0) is 18.6 Å². The maximum atomic E-state index is 9.18. The van der Waals surface area contributed by atoms with Gasteiger partial charge in [-0.3, -0.25) is 0 Å². The molecule has 1 aromatic heterocycles. The summed E-state index contributed by atoms with van der Waals surface area (Å²) in [5, 5.41) is 9.91. The number of aliphatic hydroxyl groups is 1. The maximum absolute atomic E-state index is 9.18. The average Bonchev–Trinajstić information content (AvgIpc) is 2.77. The van der Waals surface area contributed by atoms with Gasteiger partial charge in [0.15, 0.2) is 0 Å². The van der Waals surface area contributed by atoms with Crippen molar-refractivity contribution >= 4 is 11.6 Å². The van der Waals surface area contributed by atoms with Crippen molar-refractivity contribution in [3.63, 3.8) is 0 Å². The molecule has 0 saturated carbocycles. The van der Waals surface area contributed by atoms with E-state index in [0.717, 1.165) is 16.3 Å². The van der Waals surface area contributed by atoms with Gasteiger partial charge in [-0.2, -0.15) is 0 Å². The first-order valence-corrected chi connectivity index (χ1v) is 5.48. The van der Waals surface area contributed by atoms with E-state index in [9.17, 15) is 5.11 Å². The third-order valence-corrected chi connectivity index (χ3v) is 3.03. The Bertz CT molecular complexity index is 481. The van der Waals surface area contributed by atoms with E-state index in [1.807, 2.05) is 35.8 Å². The molecule has 1 heterocycles. The molecule has 0 bridgehead atoms. The second-order valence-corrected chi connectivity index (χ2v) is 4.06. The third-order valence-electron chi connectivity index (χ3n) is 2.68. The summed E-state index contributed by atoms with van der Waals surface area (Å²) in [7, 11) is 0. The zero-order valence-electron chi connectivity index (χ0n) is 8.97. The Kier molecular flexibility index (Phi) is 3.27. The predicted octanol–water partition coefficient (Wildman–Crippen LogP) is 2.64. The smallest absolute Gasteiger partial charge is 0.0954 e. The van der Waals surface area contributed by atoms with Crippen molar-refractivity contribution < 1.29 is 5.11 Å². The number of hydrogen-bond acceptors (Lipinski definition) is 2. The van der Waals surface area contributed by atoms with Crippen molar-refractivity contribution in [1.82, 2.24) is 9.55 Å². The highest BCUT2D eigenvalue weighted by molar-refractivity contribution is 6.31. The number of rotatable bonds is 3. The van der Waals surface area contributed by atoms with Crippen LogP contribution in [0.3, 0.4) is 0 Å². The molecular formula is C12H13ClN2O. The van der Waals surface area contributed by atoms with Gasteiger partial charge in [0.25, 0.3) is 0 Å². The van der Waals surface area contributed by atoms with Crippen LogP contribution in [0.25, 0.3) is 0 Å². The van der Waals surface area contributed by atoms with Crippen LogP contribution >= 0.6 is 11.6 Å². The molecule has 0 aliphatic carbocycles. The number of hydrogen-bond donors (Lipinski definition) is 1. The molecule has 0 aliphatic heterocycles. The summed E-state index contributed by atoms with van der Waals surface area (Å²) in [5.41, 5.74) is 1.81. The Hall–Kier alpha value is -1.32. The predicted molar refractivity (Wildman–Crippen MR) is 63.4 cm³/mol. The largest absolute Gasteiger partial charge is 0.390 e. The first-order valence-electron chi connectivity index (χ1n) is 5.10. The molecule has 0 fully saturated rings. The van der Waals surface area contributed by atoms with E-state index in [0.29, 0.717) is 0 Å². The first kappa shape index (κ1) is 11.2. The molecule has 2 rings (SSSR count). The highest BCUT2D eigenvalue weighted by Crippen LogP contribution is 2.26. The van der Waals surface area contributed by atoms with Crippen LogP contribution in [-0.2, 0) is 6.61 Å². The molecule has 16 heavy (non-hydrogen) atoms. The molecular weight excluding hydrogens is 224 g/mol. The Morgan fingerprint density at radius 3 is 2.88 bits per heavy atom. The lowest BCUT2D eigenvalue weighted by Gasteiger charge is -2.17. The highest BCUT2D eigenvalue weighted by Gasteiger charge is 2.13. The number of aliphatic hydroxyl groups excluding tert-OH is 1. The molecule has 4 heteroatoms. The van der Waals surface area contributed by atoms with E-state index < -0.39 is 0 Å². The zero-order valence-corrected chi connectivity index (χ0v) is 9.72. The summed E-state index contributed by atoms with van der Waals surface area (Å²) in [4.78, 5) is 4.03. The van der Waals surface area contributed by atoms with Crippen molar-refractivity contribution in [3.8, 4) is 0 Å². The molecule has 0 aliphatic rings. The lowest BCUT2D eigenvalue weighted by molar-refractivity contribution is 0.269. The van der Waals surface area contributed by atoms with E-state index in [4.69, 9.17) is 11.6 Å². The fraction of sp³-hybridized carbons (Fsp3) is 0.250. The first-order chi connectivity index (χ1) is 7.74. The van der Waals surface area contributed by atoms with Crippen LogP contribution in [0, 0.1) is 0 Å². The Morgan fingerprint density at radius 2 is 2.19 bits per heavy atom. The van der Waals surface area contributed by atoms with Gasteiger partial charge >= 0.3 is 0 Å². The molecule has 3 nitrogen and oxygen atoms in total. The van der Waals surface area contributed by atoms with Gasteiger partial charge < -0.3 is 9.67 Å². The van der Waals surface area contributed by atoms with Crippen molar-refractivity contribution in [1.29, 1.82) is 0 Å². The Balaban J connectivity index is 2.39. The second kappa shape index (κ2) is 4.68. The molecule has 0 amide bonds. The number of aromatic nitrogens is 2. The van der Waals surface area contributed by atoms with Crippen LogP contribution in [0.1, 0.15) is 24.2 Å². The molecule has 0 radical (unpaired) electrons. The quantitative estimate of drug-likeness (QED) is 0.890. The minimum atomic E-state index is -0.0191. The summed E-state index contributed by atoms with van der Waals surface area (Å²) >= 11 is 6.14. The topological polar surface area (TPSA) is 38.0 Å². The summed E-state index contributed by atoms with van der Waals surface area (Å²) in [6, 6.07) is 7.77. The number of halogens is 1. The lowest BCUT2D eigenvalue weighted by Crippen LogP contribution is -2.09. The van der Waals surface area contributed by atoms with Gasteiger partial charge in [0.05, 0.1) is 30.9 Å². The second-order valence-electron chi connectivity index (χ2n) is 3.65. The fourth-order valence-electron chi connectivity index (χ4n) is 1.77. The third kappa shape index (κ3) is 1.96. The van der Waals surface area contributed by atoms with E-state index in [2.05, 4.69) is 4.98 Å². The monoisotopic (exact) mass is 236 g/mol. The molecule has 1 unspecified atom stereocenters. The van der Waals surface area contributed by atoms with Gasteiger partial charge in [0.2, 0.25) is 0 Å². The Labute approximate surface area is 99.3 Å². The van der Waals surface area contributed by atoms with Crippen LogP contribution in [0.4, 0.5) is 0 Å². The minimum absolute atomic E-state index is 0.0191. The van der Waals surface area contributed by atoms with Gasteiger partial charge in [-0.1, -0.05) is 29.8 Å². The van der Waals surface area contributed by atoms with Crippen LogP contribution in [0.15, 0.2) is 36.8 Å². The van der Waals surface area contributed by atoms with E-state index >= 15 is 0 Å². The SMILES string of the molecule is CC(c1ccccc1Cl)n1cncc1CO. The number of imidazole rings is 1. The summed E-state index contributed by atoms with van der Waals surface area (Å²) < 4.78 is 1.92. The molecule has 2 aromatic rings. The summed E-state index contributed by atoms with van der Waals surface area (Å²) in [6.45, 7) is 2.01. The fourth-order valence-corrected chi connectivity index (χ4v) is 2.06. The maximum Gasteiger partial charge on any atom is 0.0954 e. The van der Waals surface area contributed by atoms with E-state index in [1.54, 1.807) is 12.5 Å². The van der Waals surface area contributed by atoms with Crippen molar-refractivity contribution in [2.45, 2.75) is 19.6 Å². The van der Waals surface area contributed by atoms with Gasteiger partial charge in [0, 0.05) is 5.02 Å². The van der Waals surface area contributed by atoms with Crippen LogP contribution in [0.5, 0.6) is 0 Å². The molecule has 84 valence electrons.